The Morgan fingerprint density at radius 3 is 2.14 bits per heavy atom. The quantitative estimate of drug-likeness (QED) is 0.578. The average Bonchev–Trinajstić information content (AvgIpc) is 2.01. The molecule has 0 heterocycles. The molecule has 0 N–H and O–H groups in total. The van der Waals surface area contributed by atoms with Crippen molar-refractivity contribution in [2.75, 3.05) is 0 Å². The zero-order valence-corrected chi connectivity index (χ0v) is 10.5. The number of hydrogen-bond donors (Lipinski definition) is 0. The van der Waals surface area contributed by atoms with E-state index in [0.29, 0.717) is 11.2 Å². The van der Waals surface area contributed by atoms with Gasteiger partial charge in [0.1, 0.15) is 0 Å². The molecule has 0 amide bonds. The zero-order valence-electron chi connectivity index (χ0n) is 10.5. The van der Waals surface area contributed by atoms with Crippen molar-refractivity contribution in [3.05, 3.63) is 0 Å². The first-order valence-corrected chi connectivity index (χ1v) is 6.09. The molecule has 1 saturated carbocycles. The SMILES string of the molecule is [B]C(C)C1CCC(C)(C)CC1C(C)C. The van der Waals surface area contributed by atoms with Gasteiger partial charge in [0.15, 0.2) is 0 Å². The Morgan fingerprint density at radius 1 is 1.14 bits per heavy atom. The van der Waals surface area contributed by atoms with E-state index >= 15 is 0 Å². The van der Waals surface area contributed by atoms with Crippen molar-refractivity contribution in [2.45, 2.75) is 59.7 Å². The van der Waals surface area contributed by atoms with E-state index in [-0.39, 0.29) is 0 Å². The van der Waals surface area contributed by atoms with Gasteiger partial charge in [-0.1, -0.05) is 46.9 Å². The highest BCUT2D eigenvalue weighted by Gasteiger charge is 2.37. The highest BCUT2D eigenvalue weighted by Crippen LogP contribution is 2.47. The molecule has 0 spiro atoms. The van der Waals surface area contributed by atoms with Crippen LogP contribution in [0.2, 0.25) is 5.82 Å². The van der Waals surface area contributed by atoms with Crippen molar-refractivity contribution in [2.24, 2.45) is 23.2 Å². The molecule has 1 aliphatic rings. The Labute approximate surface area is 91.3 Å². The highest BCUT2D eigenvalue weighted by molar-refractivity contribution is 6.11. The van der Waals surface area contributed by atoms with Gasteiger partial charge in [-0.2, -0.15) is 0 Å². The molecular formula is C13H25B. The second kappa shape index (κ2) is 4.29. The maximum Gasteiger partial charge on any atom is 0.0699 e. The summed E-state index contributed by atoms with van der Waals surface area (Å²) in [4.78, 5) is 0. The van der Waals surface area contributed by atoms with Crippen molar-refractivity contribution in [3.63, 3.8) is 0 Å². The minimum absolute atomic E-state index is 0.374. The third-order valence-corrected chi connectivity index (χ3v) is 4.02. The molecule has 0 saturated heterocycles. The van der Waals surface area contributed by atoms with Crippen molar-refractivity contribution < 1.29 is 0 Å². The monoisotopic (exact) mass is 192 g/mol. The molecule has 3 atom stereocenters. The Hall–Kier alpha value is 0.0649. The van der Waals surface area contributed by atoms with Gasteiger partial charge in [0.2, 0.25) is 0 Å². The van der Waals surface area contributed by atoms with Crippen molar-refractivity contribution in [3.8, 4) is 0 Å². The van der Waals surface area contributed by atoms with Crippen LogP contribution in [0.4, 0.5) is 0 Å². The lowest BCUT2D eigenvalue weighted by molar-refractivity contribution is 0.0833. The molecule has 1 fully saturated rings. The maximum atomic E-state index is 6.08. The molecule has 1 heteroatoms. The number of rotatable bonds is 2. The molecular weight excluding hydrogens is 167 g/mol. The van der Waals surface area contributed by atoms with Gasteiger partial charge in [-0.15, -0.1) is 0 Å². The fourth-order valence-corrected chi connectivity index (χ4v) is 3.05. The van der Waals surface area contributed by atoms with Gasteiger partial charge in [0, 0.05) is 0 Å². The van der Waals surface area contributed by atoms with Gasteiger partial charge in [-0.05, 0) is 36.0 Å². The largest absolute Gasteiger partial charge is 0.0771 e. The normalized spacial score (nSPS) is 34.4. The van der Waals surface area contributed by atoms with Crippen LogP contribution in [-0.2, 0) is 0 Å². The predicted octanol–water partition coefficient (Wildman–Crippen LogP) is 4.06. The smallest absolute Gasteiger partial charge is 0.0699 e. The summed E-state index contributed by atoms with van der Waals surface area (Å²) in [5, 5.41) is 0. The van der Waals surface area contributed by atoms with Gasteiger partial charge in [-0.3, -0.25) is 0 Å². The van der Waals surface area contributed by atoms with E-state index < -0.39 is 0 Å². The summed E-state index contributed by atoms with van der Waals surface area (Å²) in [6.45, 7) is 11.7. The summed E-state index contributed by atoms with van der Waals surface area (Å²) in [6, 6.07) is 0. The van der Waals surface area contributed by atoms with Crippen LogP contribution in [0.25, 0.3) is 0 Å². The molecule has 0 aromatic heterocycles. The molecule has 0 nitrogen and oxygen atoms in total. The summed E-state index contributed by atoms with van der Waals surface area (Å²) in [6.07, 6.45) is 4.03. The molecule has 0 aromatic rings. The van der Waals surface area contributed by atoms with E-state index in [1.807, 2.05) is 0 Å². The third kappa shape index (κ3) is 2.78. The molecule has 0 aliphatic heterocycles. The third-order valence-electron chi connectivity index (χ3n) is 4.02. The molecule has 80 valence electrons. The Morgan fingerprint density at radius 2 is 1.71 bits per heavy atom. The van der Waals surface area contributed by atoms with Crippen LogP contribution in [0, 0.1) is 23.2 Å². The average molecular weight is 192 g/mol. The van der Waals surface area contributed by atoms with Crippen LogP contribution in [-0.4, -0.2) is 7.85 Å². The van der Waals surface area contributed by atoms with Gasteiger partial charge in [0.05, 0.1) is 7.85 Å². The van der Waals surface area contributed by atoms with Crippen molar-refractivity contribution in [1.82, 2.24) is 0 Å². The van der Waals surface area contributed by atoms with Gasteiger partial charge < -0.3 is 0 Å². The van der Waals surface area contributed by atoms with E-state index in [1.54, 1.807) is 0 Å². The van der Waals surface area contributed by atoms with Crippen LogP contribution < -0.4 is 0 Å². The second-order valence-corrected chi connectivity index (χ2v) is 6.34. The molecule has 3 unspecified atom stereocenters. The standard InChI is InChI=1S/C13H25B/c1-9(2)12-8-13(4,5)7-6-11(12)10(3)14/h9-12H,6-8H2,1-5H3. The first-order valence-electron chi connectivity index (χ1n) is 6.09. The highest BCUT2D eigenvalue weighted by atomic mass is 14.4. The zero-order chi connectivity index (χ0) is 10.9. The summed E-state index contributed by atoms with van der Waals surface area (Å²) in [5.41, 5.74) is 0.542. The Kier molecular flexibility index (Phi) is 3.72. The molecule has 14 heavy (non-hydrogen) atoms. The lowest BCUT2D eigenvalue weighted by Gasteiger charge is -2.44. The minimum Gasteiger partial charge on any atom is -0.0771 e. The minimum atomic E-state index is 0.374. The van der Waals surface area contributed by atoms with Gasteiger partial charge in [-0.25, -0.2) is 0 Å². The summed E-state index contributed by atoms with van der Waals surface area (Å²) in [5.74, 6) is 2.74. The van der Waals surface area contributed by atoms with Gasteiger partial charge >= 0.3 is 0 Å². The maximum absolute atomic E-state index is 6.08. The van der Waals surface area contributed by atoms with Crippen LogP contribution >= 0.6 is 0 Å². The fourth-order valence-electron chi connectivity index (χ4n) is 3.05. The first kappa shape index (κ1) is 12.1. The summed E-state index contributed by atoms with van der Waals surface area (Å²) in [7, 11) is 6.08. The van der Waals surface area contributed by atoms with Crippen LogP contribution in [0.5, 0.6) is 0 Å². The van der Waals surface area contributed by atoms with E-state index in [1.165, 1.54) is 19.3 Å². The van der Waals surface area contributed by atoms with E-state index in [4.69, 9.17) is 7.85 Å². The lowest BCUT2D eigenvalue weighted by atomic mass is 9.58. The van der Waals surface area contributed by atoms with E-state index in [0.717, 1.165) is 17.8 Å². The topological polar surface area (TPSA) is 0 Å². The summed E-state index contributed by atoms with van der Waals surface area (Å²) >= 11 is 0. The van der Waals surface area contributed by atoms with E-state index in [2.05, 4.69) is 34.6 Å². The fraction of sp³-hybridized carbons (Fsp3) is 1.00. The second-order valence-electron chi connectivity index (χ2n) is 6.34. The number of hydrogen-bond acceptors (Lipinski definition) is 0. The van der Waals surface area contributed by atoms with Crippen LogP contribution in [0.3, 0.4) is 0 Å². The van der Waals surface area contributed by atoms with Crippen molar-refractivity contribution in [1.29, 1.82) is 0 Å². The van der Waals surface area contributed by atoms with Crippen LogP contribution in [0.15, 0.2) is 0 Å². The van der Waals surface area contributed by atoms with Gasteiger partial charge in [0.25, 0.3) is 0 Å². The molecule has 0 bridgehead atoms. The molecule has 1 rings (SSSR count). The Balaban J connectivity index is 2.71. The molecule has 1 aliphatic carbocycles. The molecule has 2 radical (unpaired) electrons. The lowest BCUT2D eigenvalue weighted by Crippen LogP contribution is -2.34. The molecule has 0 aromatic carbocycles. The first-order chi connectivity index (χ1) is 6.33. The predicted molar refractivity (Wildman–Crippen MR) is 64.6 cm³/mol. The Bertz CT molecular complexity index is 182. The summed E-state index contributed by atoms with van der Waals surface area (Å²) < 4.78 is 0. The van der Waals surface area contributed by atoms with Crippen LogP contribution in [0.1, 0.15) is 53.9 Å². The van der Waals surface area contributed by atoms with Crippen molar-refractivity contribution >= 4 is 7.85 Å². The van der Waals surface area contributed by atoms with E-state index in [9.17, 15) is 0 Å².